The highest BCUT2D eigenvalue weighted by Gasteiger charge is 2.35. The SMILES string of the molecule is CC1(C)CCC(N2CCOc3ccc(CO)cc3C2)C1. The minimum Gasteiger partial charge on any atom is -0.492 e. The fraction of sp³-hybridized carbons (Fsp3) is 0.647. The van der Waals surface area contributed by atoms with Gasteiger partial charge in [-0.25, -0.2) is 0 Å². The van der Waals surface area contributed by atoms with Crippen molar-refractivity contribution in [3.05, 3.63) is 29.3 Å². The Bertz CT molecular complexity index is 484. The first-order chi connectivity index (χ1) is 9.57. The molecule has 3 rings (SSSR count). The average Bonchev–Trinajstić information content (AvgIpc) is 2.67. The quantitative estimate of drug-likeness (QED) is 0.900. The molecule has 3 heteroatoms. The van der Waals surface area contributed by atoms with Crippen LogP contribution in [0.1, 0.15) is 44.2 Å². The standard InChI is InChI=1S/C17H25NO2/c1-17(2)6-5-15(10-17)18-7-8-20-16-4-3-13(12-19)9-14(16)11-18/h3-4,9,15,19H,5-8,10-12H2,1-2H3. The third-order valence-electron chi connectivity index (χ3n) is 4.78. The maximum Gasteiger partial charge on any atom is 0.123 e. The predicted octanol–water partition coefficient (Wildman–Crippen LogP) is 2.95. The second-order valence-electron chi connectivity index (χ2n) is 6.98. The maximum absolute atomic E-state index is 9.30. The number of hydrogen-bond donors (Lipinski definition) is 1. The van der Waals surface area contributed by atoms with E-state index >= 15 is 0 Å². The summed E-state index contributed by atoms with van der Waals surface area (Å²) in [6.07, 6.45) is 3.89. The Morgan fingerprint density at radius 3 is 2.95 bits per heavy atom. The van der Waals surface area contributed by atoms with E-state index in [2.05, 4.69) is 24.8 Å². The van der Waals surface area contributed by atoms with Crippen LogP contribution in [0.25, 0.3) is 0 Å². The van der Waals surface area contributed by atoms with Gasteiger partial charge in [0.05, 0.1) is 6.61 Å². The molecule has 1 fully saturated rings. The number of benzene rings is 1. The van der Waals surface area contributed by atoms with Gasteiger partial charge in [0, 0.05) is 24.7 Å². The van der Waals surface area contributed by atoms with Crippen molar-refractivity contribution in [1.82, 2.24) is 4.90 Å². The first kappa shape index (κ1) is 13.9. The topological polar surface area (TPSA) is 32.7 Å². The smallest absolute Gasteiger partial charge is 0.123 e. The van der Waals surface area contributed by atoms with Crippen LogP contribution >= 0.6 is 0 Å². The van der Waals surface area contributed by atoms with E-state index in [9.17, 15) is 5.11 Å². The van der Waals surface area contributed by atoms with Crippen LogP contribution < -0.4 is 4.74 Å². The summed E-state index contributed by atoms with van der Waals surface area (Å²) in [4.78, 5) is 2.57. The number of hydrogen-bond acceptors (Lipinski definition) is 3. The first-order valence-corrected chi connectivity index (χ1v) is 7.67. The fourth-order valence-electron chi connectivity index (χ4n) is 3.59. The Balaban J connectivity index is 1.78. The van der Waals surface area contributed by atoms with E-state index in [0.29, 0.717) is 11.5 Å². The second-order valence-corrected chi connectivity index (χ2v) is 6.98. The van der Waals surface area contributed by atoms with Gasteiger partial charge in [-0.2, -0.15) is 0 Å². The van der Waals surface area contributed by atoms with Gasteiger partial charge < -0.3 is 9.84 Å². The van der Waals surface area contributed by atoms with Crippen molar-refractivity contribution in [2.75, 3.05) is 13.2 Å². The summed E-state index contributed by atoms with van der Waals surface area (Å²) in [5.74, 6) is 0.988. The zero-order valence-corrected chi connectivity index (χ0v) is 12.6. The van der Waals surface area contributed by atoms with E-state index in [4.69, 9.17) is 4.74 Å². The summed E-state index contributed by atoms with van der Waals surface area (Å²) in [6, 6.07) is 6.72. The third-order valence-corrected chi connectivity index (χ3v) is 4.78. The lowest BCUT2D eigenvalue weighted by atomic mass is 9.91. The number of fused-ring (bicyclic) bond motifs is 1. The molecule has 2 aliphatic rings. The average molecular weight is 275 g/mol. The van der Waals surface area contributed by atoms with Crippen LogP contribution in [-0.2, 0) is 13.2 Å². The molecular formula is C17H25NO2. The van der Waals surface area contributed by atoms with Crippen LogP contribution in [0.4, 0.5) is 0 Å². The minimum absolute atomic E-state index is 0.101. The van der Waals surface area contributed by atoms with Gasteiger partial charge >= 0.3 is 0 Å². The van der Waals surface area contributed by atoms with Gasteiger partial charge in [-0.3, -0.25) is 4.90 Å². The molecule has 1 aromatic rings. The van der Waals surface area contributed by atoms with Crippen molar-refractivity contribution in [2.24, 2.45) is 5.41 Å². The van der Waals surface area contributed by atoms with Gasteiger partial charge in [-0.15, -0.1) is 0 Å². The molecule has 0 spiro atoms. The maximum atomic E-state index is 9.30. The molecule has 0 radical (unpaired) electrons. The van der Waals surface area contributed by atoms with E-state index in [1.807, 2.05) is 12.1 Å². The monoisotopic (exact) mass is 275 g/mol. The van der Waals surface area contributed by atoms with Crippen LogP contribution in [0, 0.1) is 5.41 Å². The molecule has 1 aliphatic carbocycles. The molecule has 20 heavy (non-hydrogen) atoms. The lowest BCUT2D eigenvalue weighted by Crippen LogP contribution is -2.35. The van der Waals surface area contributed by atoms with Crippen LogP contribution in [0.15, 0.2) is 18.2 Å². The van der Waals surface area contributed by atoms with E-state index in [1.165, 1.54) is 24.8 Å². The molecule has 1 N–H and O–H groups in total. The summed E-state index contributed by atoms with van der Waals surface area (Å²) in [5.41, 5.74) is 2.67. The number of aliphatic hydroxyl groups is 1. The highest BCUT2D eigenvalue weighted by atomic mass is 16.5. The Hall–Kier alpha value is -1.06. The molecule has 110 valence electrons. The van der Waals surface area contributed by atoms with E-state index in [-0.39, 0.29) is 6.61 Å². The van der Waals surface area contributed by atoms with Crippen LogP contribution in [0.5, 0.6) is 5.75 Å². The molecule has 1 aromatic carbocycles. The summed E-state index contributed by atoms with van der Waals surface area (Å²) in [7, 11) is 0. The Labute approximate surface area is 121 Å². The van der Waals surface area contributed by atoms with Gasteiger partial charge in [-0.05, 0) is 42.4 Å². The van der Waals surface area contributed by atoms with E-state index < -0.39 is 0 Å². The molecule has 1 heterocycles. The van der Waals surface area contributed by atoms with Gasteiger partial charge in [0.25, 0.3) is 0 Å². The molecule has 3 nitrogen and oxygen atoms in total. The highest BCUT2D eigenvalue weighted by molar-refractivity contribution is 5.37. The molecule has 0 amide bonds. The lowest BCUT2D eigenvalue weighted by Gasteiger charge is -2.28. The van der Waals surface area contributed by atoms with E-state index in [0.717, 1.165) is 31.0 Å². The summed E-state index contributed by atoms with van der Waals surface area (Å²) in [6.45, 7) is 7.57. The largest absolute Gasteiger partial charge is 0.492 e. The molecule has 1 unspecified atom stereocenters. The Morgan fingerprint density at radius 2 is 2.25 bits per heavy atom. The number of aliphatic hydroxyl groups excluding tert-OH is 1. The van der Waals surface area contributed by atoms with Gasteiger partial charge in [0.2, 0.25) is 0 Å². The molecule has 1 saturated carbocycles. The molecule has 0 saturated heterocycles. The van der Waals surface area contributed by atoms with Gasteiger partial charge in [-0.1, -0.05) is 19.9 Å². The van der Waals surface area contributed by atoms with Crippen molar-refractivity contribution in [3.63, 3.8) is 0 Å². The molecule has 1 aliphatic heterocycles. The van der Waals surface area contributed by atoms with Crippen LogP contribution in [-0.4, -0.2) is 29.2 Å². The third kappa shape index (κ3) is 2.84. The minimum atomic E-state index is 0.101. The fourth-order valence-corrected chi connectivity index (χ4v) is 3.59. The van der Waals surface area contributed by atoms with Gasteiger partial charge in [0.1, 0.15) is 12.4 Å². The Morgan fingerprint density at radius 1 is 1.40 bits per heavy atom. The molecule has 1 atom stereocenters. The summed E-state index contributed by atoms with van der Waals surface area (Å²) in [5, 5.41) is 9.30. The number of ether oxygens (including phenoxy) is 1. The zero-order valence-electron chi connectivity index (χ0n) is 12.6. The molecular weight excluding hydrogens is 250 g/mol. The normalized spacial score (nSPS) is 25.9. The zero-order chi connectivity index (χ0) is 14.2. The van der Waals surface area contributed by atoms with Crippen LogP contribution in [0.2, 0.25) is 0 Å². The molecule has 0 aromatic heterocycles. The predicted molar refractivity (Wildman–Crippen MR) is 79.7 cm³/mol. The first-order valence-electron chi connectivity index (χ1n) is 7.67. The van der Waals surface area contributed by atoms with Gasteiger partial charge in [0.15, 0.2) is 0 Å². The van der Waals surface area contributed by atoms with Crippen molar-refractivity contribution in [3.8, 4) is 5.75 Å². The van der Waals surface area contributed by atoms with Crippen molar-refractivity contribution >= 4 is 0 Å². The summed E-state index contributed by atoms with van der Waals surface area (Å²) >= 11 is 0. The molecule has 0 bridgehead atoms. The van der Waals surface area contributed by atoms with Crippen LogP contribution in [0.3, 0.4) is 0 Å². The van der Waals surface area contributed by atoms with Crippen molar-refractivity contribution < 1.29 is 9.84 Å². The highest BCUT2D eigenvalue weighted by Crippen LogP contribution is 2.40. The van der Waals surface area contributed by atoms with Crippen molar-refractivity contribution in [2.45, 2.75) is 52.3 Å². The summed E-state index contributed by atoms with van der Waals surface area (Å²) < 4.78 is 5.87. The second kappa shape index (κ2) is 5.38. The van der Waals surface area contributed by atoms with Crippen molar-refractivity contribution in [1.29, 1.82) is 0 Å². The number of rotatable bonds is 2. The number of nitrogens with zero attached hydrogens (tertiary/aromatic N) is 1. The van der Waals surface area contributed by atoms with E-state index in [1.54, 1.807) is 0 Å². The lowest BCUT2D eigenvalue weighted by molar-refractivity contribution is 0.161. The Kier molecular flexibility index (Phi) is 3.74.